The van der Waals surface area contributed by atoms with E-state index in [-0.39, 0.29) is 30.0 Å². The minimum atomic E-state index is -0.435. The molecule has 4 rings (SSSR count). The van der Waals surface area contributed by atoms with Crippen molar-refractivity contribution in [2.75, 3.05) is 18.4 Å². The van der Waals surface area contributed by atoms with Crippen molar-refractivity contribution in [3.05, 3.63) is 63.4 Å². The van der Waals surface area contributed by atoms with Crippen molar-refractivity contribution < 1.29 is 14.5 Å². The number of amides is 2. The SMILES string of the molecule is O=C(Nc1ccc(Br)cn1)C1CCN(C(=O)Cn2ccc3cc([N+](=O)[O-])ccc32)CC1. The first-order valence-electron chi connectivity index (χ1n) is 9.84. The third-order valence-corrected chi connectivity index (χ3v) is 5.94. The molecule has 0 saturated carbocycles. The molecule has 31 heavy (non-hydrogen) atoms. The minimum absolute atomic E-state index is 0.0234. The van der Waals surface area contributed by atoms with Gasteiger partial charge in [-0.3, -0.25) is 19.7 Å². The third kappa shape index (κ3) is 4.74. The Morgan fingerprint density at radius 1 is 1.19 bits per heavy atom. The Hall–Kier alpha value is -3.27. The van der Waals surface area contributed by atoms with Gasteiger partial charge in [-0.1, -0.05) is 0 Å². The molecule has 1 N–H and O–H groups in total. The van der Waals surface area contributed by atoms with Crippen LogP contribution in [-0.4, -0.2) is 44.3 Å². The Morgan fingerprint density at radius 3 is 2.65 bits per heavy atom. The highest BCUT2D eigenvalue weighted by atomic mass is 79.9. The molecule has 2 amide bonds. The molecule has 1 aromatic carbocycles. The standard InChI is InChI=1S/C21H20BrN5O4/c22-16-1-4-19(23-12-16)24-21(29)14-5-8-25(9-6-14)20(28)13-26-10-7-15-11-17(27(30)31)2-3-18(15)26/h1-4,7,10-12,14H,5-6,8-9,13H2,(H,23,24,29). The molecule has 1 aliphatic heterocycles. The number of nitro benzene ring substituents is 1. The fourth-order valence-electron chi connectivity index (χ4n) is 3.75. The summed E-state index contributed by atoms with van der Waals surface area (Å²) in [5.41, 5.74) is 0.797. The molecule has 3 aromatic rings. The highest BCUT2D eigenvalue weighted by Crippen LogP contribution is 2.23. The normalized spacial score (nSPS) is 14.5. The second kappa shape index (κ2) is 8.84. The Morgan fingerprint density at radius 2 is 1.97 bits per heavy atom. The number of fused-ring (bicyclic) bond motifs is 1. The van der Waals surface area contributed by atoms with Crippen LogP contribution in [0.4, 0.5) is 11.5 Å². The van der Waals surface area contributed by atoms with Crippen LogP contribution in [0.5, 0.6) is 0 Å². The number of rotatable bonds is 5. The second-order valence-electron chi connectivity index (χ2n) is 7.45. The molecular weight excluding hydrogens is 466 g/mol. The molecule has 3 heterocycles. The van der Waals surface area contributed by atoms with Gasteiger partial charge in [-0.15, -0.1) is 0 Å². The first-order valence-corrected chi connectivity index (χ1v) is 10.6. The van der Waals surface area contributed by atoms with Gasteiger partial charge >= 0.3 is 0 Å². The lowest BCUT2D eigenvalue weighted by atomic mass is 9.96. The van der Waals surface area contributed by atoms with Crippen molar-refractivity contribution in [2.45, 2.75) is 19.4 Å². The molecule has 1 fully saturated rings. The van der Waals surface area contributed by atoms with Crippen molar-refractivity contribution in [1.29, 1.82) is 0 Å². The summed E-state index contributed by atoms with van der Waals surface area (Å²) in [4.78, 5) is 41.7. The first kappa shape index (κ1) is 21.0. The molecule has 160 valence electrons. The maximum atomic E-state index is 12.8. The Kier molecular flexibility index (Phi) is 5.99. The first-order chi connectivity index (χ1) is 14.9. The summed E-state index contributed by atoms with van der Waals surface area (Å²) in [5, 5.41) is 14.5. The van der Waals surface area contributed by atoms with Crippen molar-refractivity contribution in [2.24, 2.45) is 5.92 Å². The van der Waals surface area contributed by atoms with E-state index in [0.717, 1.165) is 15.4 Å². The number of aromatic nitrogens is 2. The molecule has 2 aromatic heterocycles. The number of hydrogen-bond donors (Lipinski definition) is 1. The van der Waals surface area contributed by atoms with E-state index in [4.69, 9.17) is 0 Å². The highest BCUT2D eigenvalue weighted by molar-refractivity contribution is 9.10. The lowest BCUT2D eigenvalue weighted by Gasteiger charge is -2.31. The number of pyridine rings is 1. The number of nitro groups is 1. The third-order valence-electron chi connectivity index (χ3n) is 5.47. The average molecular weight is 486 g/mol. The molecule has 0 spiro atoms. The molecule has 0 unspecified atom stereocenters. The van der Waals surface area contributed by atoms with Crippen LogP contribution in [0.1, 0.15) is 12.8 Å². The minimum Gasteiger partial charge on any atom is -0.341 e. The number of likely N-dealkylation sites (tertiary alicyclic amines) is 1. The van der Waals surface area contributed by atoms with E-state index in [1.54, 1.807) is 40.1 Å². The van der Waals surface area contributed by atoms with Gasteiger partial charge in [0.2, 0.25) is 11.8 Å². The van der Waals surface area contributed by atoms with E-state index in [1.807, 2.05) is 6.07 Å². The topological polar surface area (TPSA) is 110 Å². The molecule has 0 radical (unpaired) electrons. The lowest BCUT2D eigenvalue weighted by Crippen LogP contribution is -2.42. The fourth-order valence-corrected chi connectivity index (χ4v) is 3.99. The van der Waals surface area contributed by atoms with Crippen molar-refractivity contribution in [3.63, 3.8) is 0 Å². The van der Waals surface area contributed by atoms with E-state index in [1.165, 1.54) is 12.1 Å². The zero-order valence-electron chi connectivity index (χ0n) is 16.5. The molecule has 9 nitrogen and oxygen atoms in total. The quantitative estimate of drug-likeness (QED) is 0.438. The maximum absolute atomic E-state index is 12.8. The molecule has 0 bridgehead atoms. The number of hydrogen-bond acceptors (Lipinski definition) is 5. The van der Waals surface area contributed by atoms with Gasteiger partial charge in [-0.05, 0) is 53.0 Å². The zero-order chi connectivity index (χ0) is 22.0. The Balaban J connectivity index is 1.33. The van der Waals surface area contributed by atoms with Gasteiger partial charge in [-0.25, -0.2) is 4.98 Å². The monoisotopic (exact) mass is 485 g/mol. The number of carbonyl (C=O) groups is 2. The van der Waals surface area contributed by atoms with E-state index in [2.05, 4.69) is 26.2 Å². The summed E-state index contributed by atoms with van der Waals surface area (Å²) in [6, 6.07) is 9.91. The van der Waals surface area contributed by atoms with Crippen LogP contribution in [0.3, 0.4) is 0 Å². The van der Waals surface area contributed by atoms with E-state index in [0.29, 0.717) is 31.7 Å². The van der Waals surface area contributed by atoms with E-state index in [9.17, 15) is 19.7 Å². The lowest BCUT2D eigenvalue weighted by molar-refractivity contribution is -0.384. The largest absolute Gasteiger partial charge is 0.341 e. The van der Waals surface area contributed by atoms with E-state index >= 15 is 0 Å². The number of non-ortho nitro benzene ring substituents is 1. The van der Waals surface area contributed by atoms with Gasteiger partial charge in [-0.2, -0.15) is 0 Å². The zero-order valence-corrected chi connectivity index (χ0v) is 18.1. The second-order valence-corrected chi connectivity index (χ2v) is 8.37. The summed E-state index contributed by atoms with van der Waals surface area (Å²) in [7, 11) is 0. The van der Waals surface area contributed by atoms with Crippen LogP contribution < -0.4 is 5.32 Å². The molecule has 1 aliphatic rings. The molecular formula is C21H20BrN5O4. The van der Waals surface area contributed by atoms with Gasteiger partial charge in [0.25, 0.3) is 5.69 Å². The molecule has 0 aliphatic carbocycles. The summed E-state index contributed by atoms with van der Waals surface area (Å²) >= 11 is 3.31. The van der Waals surface area contributed by atoms with Crippen LogP contribution in [0.25, 0.3) is 10.9 Å². The molecule has 10 heteroatoms. The number of benzene rings is 1. The van der Waals surface area contributed by atoms with Crippen LogP contribution in [-0.2, 0) is 16.1 Å². The predicted octanol–water partition coefficient (Wildman–Crippen LogP) is 3.58. The highest BCUT2D eigenvalue weighted by Gasteiger charge is 2.27. The van der Waals surface area contributed by atoms with Crippen LogP contribution in [0.15, 0.2) is 53.3 Å². The van der Waals surface area contributed by atoms with Crippen molar-refractivity contribution >= 4 is 50.2 Å². The summed E-state index contributed by atoms with van der Waals surface area (Å²) in [6.45, 7) is 1.17. The van der Waals surface area contributed by atoms with Gasteiger partial charge in [0.15, 0.2) is 0 Å². The Bertz CT molecular complexity index is 1140. The van der Waals surface area contributed by atoms with Crippen molar-refractivity contribution in [1.82, 2.24) is 14.5 Å². The number of carbonyl (C=O) groups excluding carboxylic acids is 2. The number of anilines is 1. The maximum Gasteiger partial charge on any atom is 0.270 e. The average Bonchev–Trinajstić information content (AvgIpc) is 3.17. The number of nitrogens with zero attached hydrogens (tertiary/aromatic N) is 4. The number of halogens is 1. The van der Waals surface area contributed by atoms with Crippen LogP contribution >= 0.6 is 15.9 Å². The number of piperidine rings is 1. The molecule has 1 saturated heterocycles. The van der Waals surface area contributed by atoms with E-state index < -0.39 is 4.92 Å². The summed E-state index contributed by atoms with van der Waals surface area (Å²) in [6.07, 6.45) is 4.57. The summed E-state index contributed by atoms with van der Waals surface area (Å²) < 4.78 is 2.63. The molecule has 0 atom stereocenters. The van der Waals surface area contributed by atoms with Gasteiger partial charge in [0.05, 0.1) is 4.92 Å². The predicted molar refractivity (Wildman–Crippen MR) is 118 cm³/mol. The Labute approximate surface area is 186 Å². The van der Waals surface area contributed by atoms with Crippen LogP contribution in [0, 0.1) is 16.0 Å². The van der Waals surface area contributed by atoms with Gasteiger partial charge in [0, 0.05) is 58.9 Å². The van der Waals surface area contributed by atoms with Crippen molar-refractivity contribution in [3.8, 4) is 0 Å². The fraction of sp³-hybridized carbons (Fsp3) is 0.286. The van der Waals surface area contributed by atoms with Crippen LogP contribution in [0.2, 0.25) is 0 Å². The summed E-state index contributed by atoms with van der Waals surface area (Å²) in [5.74, 6) is 0.220. The number of nitrogens with one attached hydrogen (secondary N) is 1. The van der Waals surface area contributed by atoms with Gasteiger partial charge in [0.1, 0.15) is 12.4 Å². The smallest absolute Gasteiger partial charge is 0.270 e. The van der Waals surface area contributed by atoms with Gasteiger partial charge < -0.3 is 14.8 Å².